The van der Waals surface area contributed by atoms with Crippen LogP contribution in [-0.2, 0) is 19.6 Å². The number of benzene rings is 2. The van der Waals surface area contributed by atoms with Gasteiger partial charge in [0.05, 0.1) is 11.9 Å². The summed E-state index contributed by atoms with van der Waals surface area (Å²) in [5.41, 5.74) is 2.80. The molecule has 0 spiro atoms. The zero-order valence-corrected chi connectivity index (χ0v) is 19.0. The molecular formula is C24H24FN5O2S. The van der Waals surface area contributed by atoms with Gasteiger partial charge in [0.15, 0.2) is 5.13 Å². The van der Waals surface area contributed by atoms with Gasteiger partial charge >= 0.3 is 0 Å². The third-order valence-corrected chi connectivity index (χ3v) is 5.88. The average Bonchev–Trinajstić information content (AvgIpc) is 3.50. The standard InChI is InChI=1S/C24H24FN5O2S/c1-17-14-19(7-10-22(17)25)23(31)28-24-27-20(16-33-24)15-32-21-8-5-18(6-9-21)4-2-3-12-30-13-11-26-29-30/h5-11,13-14,16H,2-4,12,15H2,1H3,(H,27,28,31). The van der Waals surface area contributed by atoms with E-state index in [0.29, 0.717) is 22.9 Å². The van der Waals surface area contributed by atoms with Crippen LogP contribution in [0.5, 0.6) is 5.75 Å². The summed E-state index contributed by atoms with van der Waals surface area (Å²) in [4.78, 5) is 16.7. The molecule has 2 heterocycles. The van der Waals surface area contributed by atoms with Crippen LogP contribution in [0, 0.1) is 12.7 Å². The Morgan fingerprint density at radius 2 is 2.03 bits per heavy atom. The first-order chi connectivity index (χ1) is 16.1. The summed E-state index contributed by atoms with van der Waals surface area (Å²) in [5.74, 6) is 0.106. The van der Waals surface area contributed by atoms with Crippen molar-refractivity contribution in [1.82, 2.24) is 20.0 Å². The van der Waals surface area contributed by atoms with E-state index in [4.69, 9.17) is 4.74 Å². The fourth-order valence-corrected chi connectivity index (χ4v) is 3.94. The predicted molar refractivity (Wildman–Crippen MR) is 125 cm³/mol. The molecule has 0 unspecified atom stereocenters. The first-order valence-corrected chi connectivity index (χ1v) is 11.5. The Kier molecular flexibility index (Phi) is 7.41. The van der Waals surface area contributed by atoms with Gasteiger partial charge in [-0.1, -0.05) is 17.3 Å². The van der Waals surface area contributed by atoms with E-state index in [9.17, 15) is 9.18 Å². The number of thiazole rings is 1. The van der Waals surface area contributed by atoms with Crippen LogP contribution in [0.15, 0.2) is 60.2 Å². The molecule has 170 valence electrons. The lowest BCUT2D eigenvalue weighted by Crippen LogP contribution is -2.12. The number of carbonyl (C=O) groups excluding carboxylic acids is 1. The highest BCUT2D eigenvalue weighted by molar-refractivity contribution is 7.13. The van der Waals surface area contributed by atoms with Gasteiger partial charge in [-0.2, -0.15) is 0 Å². The molecule has 33 heavy (non-hydrogen) atoms. The number of nitrogens with one attached hydrogen (secondary N) is 1. The van der Waals surface area contributed by atoms with Gasteiger partial charge in [-0.3, -0.25) is 14.8 Å². The molecule has 0 saturated carbocycles. The molecule has 0 atom stereocenters. The van der Waals surface area contributed by atoms with Gasteiger partial charge in [-0.05, 0) is 67.6 Å². The maximum atomic E-state index is 13.4. The van der Waals surface area contributed by atoms with Crippen LogP contribution in [0.4, 0.5) is 9.52 Å². The summed E-state index contributed by atoms with van der Waals surface area (Å²) < 4.78 is 21.1. The topological polar surface area (TPSA) is 81.9 Å². The van der Waals surface area contributed by atoms with Crippen molar-refractivity contribution in [2.24, 2.45) is 0 Å². The van der Waals surface area contributed by atoms with Crippen molar-refractivity contribution in [1.29, 1.82) is 0 Å². The highest BCUT2D eigenvalue weighted by atomic mass is 32.1. The summed E-state index contributed by atoms with van der Waals surface area (Å²) in [5, 5.41) is 12.8. The molecule has 0 radical (unpaired) electrons. The lowest BCUT2D eigenvalue weighted by molar-refractivity contribution is 0.102. The second-order valence-electron chi connectivity index (χ2n) is 7.62. The fraction of sp³-hybridized carbons (Fsp3) is 0.250. The quantitative estimate of drug-likeness (QED) is 0.332. The van der Waals surface area contributed by atoms with Gasteiger partial charge < -0.3 is 4.74 Å². The SMILES string of the molecule is Cc1cc(C(=O)Nc2nc(COc3ccc(CCCCn4ccnn4)cc3)cs2)ccc1F. The number of hydrogen-bond acceptors (Lipinski definition) is 6. The van der Waals surface area contributed by atoms with Crippen LogP contribution >= 0.6 is 11.3 Å². The molecule has 7 nitrogen and oxygen atoms in total. The van der Waals surface area contributed by atoms with E-state index in [1.807, 2.05) is 28.4 Å². The van der Waals surface area contributed by atoms with E-state index < -0.39 is 0 Å². The summed E-state index contributed by atoms with van der Waals surface area (Å²) in [7, 11) is 0. The molecular weight excluding hydrogens is 441 g/mol. The number of unbranched alkanes of at least 4 members (excludes halogenated alkanes) is 1. The van der Waals surface area contributed by atoms with Crippen LogP contribution < -0.4 is 10.1 Å². The number of aromatic nitrogens is 4. The van der Waals surface area contributed by atoms with E-state index in [1.165, 1.54) is 35.1 Å². The zero-order chi connectivity index (χ0) is 23.0. The van der Waals surface area contributed by atoms with Crippen LogP contribution in [-0.4, -0.2) is 25.9 Å². The Morgan fingerprint density at radius 3 is 2.79 bits per heavy atom. The van der Waals surface area contributed by atoms with Gasteiger partial charge in [0.2, 0.25) is 0 Å². The Morgan fingerprint density at radius 1 is 1.18 bits per heavy atom. The Hall–Kier alpha value is -3.59. The molecule has 0 aliphatic carbocycles. The summed E-state index contributed by atoms with van der Waals surface area (Å²) in [6.45, 7) is 2.80. The van der Waals surface area contributed by atoms with Crippen LogP contribution in [0.2, 0.25) is 0 Å². The van der Waals surface area contributed by atoms with Crippen molar-refractivity contribution in [3.8, 4) is 5.75 Å². The first-order valence-electron chi connectivity index (χ1n) is 10.6. The van der Waals surface area contributed by atoms with E-state index >= 15 is 0 Å². The van der Waals surface area contributed by atoms with E-state index in [1.54, 1.807) is 13.1 Å². The molecule has 4 rings (SSSR count). The van der Waals surface area contributed by atoms with Gasteiger partial charge in [0, 0.05) is 23.7 Å². The lowest BCUT2D eigenvalue weighted by Gasteiger charge is -2.06. The smallest absolute Gasteiger partial charge is 0.257 e. The Bertz CT molecular complexity index is 1190. The molecule has 9 heteroatoms. The molecule has 0 aliphatic rings. The average molecular weight is 466 g/mol. The number of carbonyl (C=O) groups is 1. The molecule has 0 bridgehead atoms. The number of aryl methyl sites for hydroxylation is 3. The van der Waals surface area contributed by atoms with Crippen molar-refractivity contribution in [3.63, 3.8) is 0 Å². The Labute approximate surface area is 195 Å². The van der Waals surface area contributed by atoms with E-state index in [-0.39, 0.29) is 11.7 Å². The summed E-state index contributed by atoms with van der Waals surface area (Å²) in [6.07, 6.45) is 6.68. The molecule has 1 amide bonds. The van der Waals surface area contributed by atoms with Gasteiger partial charge in [0.1, 0.15) is 18.2 Å². The number of amides is 1. The number of halogens is 1. The molecule has 0 fully saturated rings. The third kappa shape index (κ3) is 6.45. The van der Waals surface area contributed by atoms with E-state index in [0.717, 1.165) is 37.3 Å². The van der Waals surface area contributed by atoms with E-state index in [2.05, 4.69) is 32.7 Å². The number of nitrogens with zero attached hydrogens (tertiary/aromatic N) is 4. The first kappa shape index (κ1) is 22.6. The van der Waals surface area contributed by atoms with Crippen molar-refractivity contribution >= 4 is 22.4 Å². The Balaban J connectivity index is 1.21. The van der Waals surface area contributed by atoms with Crippen molar-refractivity contribution in [2.75, 3.05) is 5.32 Å². The minimum Gasteiger partial charge on any atom is -0.487 e. The highest BCUT2D eigenvalue weighted by Gasteiger charge is 2.11. The van der Waals surface area contributed by atoms with Gasteiger partial charge in [-0.15, -0.1) is 16.4 Å². The summed E-state index contributed by atoms with van der Waals surface area (Å²) in [6, 6.07) is 12.3. The van der Waals surface area contributed by atoms with Gasteiger partial charge in [-0.25, -0.2) is 9.37 Å². The molecule has 1 N–H and O–H groups in total. The second kappa shape index (κ2) is 10.8. The van der Waals surface area contributed by atoms with Crippen molar-refractivity contribution < 1.29 is 13.9 Å². The monoisotopic (exact) mass is 465 g/mol. The predicted octanol–water partition coefficient (Wildman–Crippen LogP) is 5.04. The molecule has 2 aromatic heterocycles. The number of anilines is 1. The van der Waals surface area contributed by atoms with Gasteiger partial charge in [0.25, 0.3) is 5.91 Å². The number of hydrogen-bond donors (Lipinski definition) is 1. The van der Waals surface area contributed by atoms with Crippen LogP contribution in [0.1, 0.15) is 40.0 Å². The zero-order valence-electron chi connectivity index (χ0n) is 18.2. The maximum absolute atomic E-state index is 13.4. The van der Waals surface area contributed by atoms with Crippen molar-refractivity contribution in [2.45, 2.75) is 39.3 Å². The normalized spacial score (nSPS) is 10.8. The maximum Gasteiger partial charge on any atom is 0.257 e. The van der Waals surface area contributed by atoms with Crippen molar-refractivity contribution in [3.05, 3.63) is 88.4 Å². The molecule has 2 aromatic carbocycles. The fourth-order valence-electron chi connectivity index (χ4n) is 3.25. The summed E-state index contributed by atoms with van der Waals surface area (Å²) >= 11 is 1.32. The number of rotatable bonds is 10. The third-order valence-electron chi connectivity index (χ3n) is 5.08. The minimum atomic E-state index is -0.337. The molecule has 0 saturated heterocycles. The largest absolute Gasteiger partial charge is 0.487 e. The molecule has 4 aromatic rings. The highest BCUT2D eigenvalue weighted by Crippen LogP contribution is 2.20. The second-order valence-corrected chi connectivity index (χ2v) is 8.48. The minimum absolute atomic E-state index is 0.305. The number of ether oxygens (including phenoxy) is 1. The molecule has 0 aliphatic heterocycles. The van der Waals surface area contributed by atoms with Crippen LogP contribution in [0.3, 0.4) is 0 Å². The lowest BCUT2D eigenvalue weighted by atomic mass is 10.1. The van der Waals surface area contributed by atoms with Crippen LogP contribution in [0.25, 0.3) is 0 Å².